The highest BCUT2D eigenvalue weighted by Crippen LogP contribution is 2.40. The normalized spacial score (nSPS) is 27.5. The van der Waals surface area contributed by atoms with Gasteiger partial charge in [-0.1, -0.05) is 13.8 Å². The second kappa shape index (κ2) is 6.53. The first kappa shape index (κ1) is 14.5. The summed E-state index contributed by atoms with van der Waals surface area (Å²) in [5, 5.41) is 0. The Morgan fingerprint density at radius 2 is 2.21 bits per heavy atom. The number of carbonyl (C=O) groups is 1. The Balaban J connectivity index is 2.10. The maximum Gasteiger partial charge on any atom is 0.199 e. The predicted molar refractivity (Wildman–Crippen MR) is 73.3 cm³/mol. The van der Waals surface area contributed by atoms with Gasteiger partial charge in [0.2, 0.25) is 0 Å². The number of ether oxygens (including phenoxy) is 2. The van der Waals surface area contributed by atoms with Gasteiger partial charge in [-0.2, -0.15) is 0 Å². The molecule has 108 valence electrons. The molecule has 0 saturated heterocycles. The largest absolute Gasteiger partial charge is 0.469 e. The van der Waals surface area contributed by atoms with Crippen LogP contribution >= 0.6 is 0 Å². The lowest BCUT2D eigenvalue weighted by Crippen LogP contribution is -2.35. The van der Waals surface area contributed by atoms with Gasteiger partial charge in [0.1, 0.15) is 5.76 Å². The number of carbonyl (C=O) groups excluding carboxylic acids is 1. The van der Waals surface area contributed by atoms with Crippen molar-refractivity contribution in [1.82, 2.24) is 0 Å². The van der Waals surface area contributed by atoms with Gasteiger partial charge in [-0.15, -0.1) is 0 Å². The molecular formula is C15H25NO3. The summed E-state index contributed by atoms with van der Waals surface area (Å²) in [5.41, 5.74) is 6.41. The van der Waals surface area contributed by atoms with Crippen molar-refractivity contribution in [1.29, 1.82) is 0 Å². The van der Waals surface area contributed by atoms with Crippen LogP contribution in [-0.4, -0.2) is 25.2 Å². The molecule has 0 saturated carbocycles. The Morgan fingerprint density at radius 3 is 2.89 bits per heavy atom. The molecule has 0 amide bonds. The van der Waals surface area contributed by atoms with Crippen molar-refractivity contribution in [3.8, 4) is 0 Å². The molecule has 19 heavy (non-hydrogen) atoms. The quantitative estimate of drug-likeness (QED) is 0.777. The maximum atomic E-state index is 12.1. The van der Waals surface area contributed by atoms with Gasteiger partial charge >= 0.3 is 0 Å². The fourth-order valence-electron chi connectivity index (χ4n) is 2.91. The Kier molecular flexibility index (Phi) is 4.99. The molecule has 0 aromatic carbocycles. The summed E-state index contributed by atoms with van der Waals surface area (Å²) in [7, 11) is 0. The molecule has 1 aliphatic heterocycles. The van der Waals surface area contributed by atoms with E-state index in [1.54, 1.807) is 0 Å². The SMILES string of the molecule is CC(C)C1CC(OCCCN)OC2=C1C(=O)CCC2. The smallest absolute Gasteiger partial charge is 0.199 e. The van der Waals surface area contributed by atoms with E-state index in [2.05, 4.69) is 13.8 Å². The second-order valence-corrected chi connectivity index (χ2v) is 5.76. The molecule has 2 atom stereocenters. The van der Waals surface area contributed by atoms with Gasteiger partial charge in [0.25, 0.3) is 0 Å². The van der Waals surface area contributed by atoms with Crippen LogP contribution in [0.4, 0.5) is 0 Å². The van der Waals surface area contributed by atoms with E-state index in [9.17, 15) is 4.79 Å². The van der Waals surface area contributed by atoms with Gasteiger partial charge in [-0.05, 0) is 31.2 Å². The molecule has 4 nitrogen and oxygen atoms in total. The first-order valence-corrected chi connectivity index (χ1v) is 7.38. The van der Waals surface area contributed by atoms with E-state index in [1.165, 1.54) is 0 Å². The summed E-state index contributed by atoms with van der Waals surface area (Å²) in [5.74, 6) is 1.88. The molecule has 1 heterocycles. The molecular weight excluding hydrogens is 242 g/mol. The molecule has 0 aromatic heterocycles. The van der Waals surface area contributed by atoms with Crippen LogP contribution in [0.1, 0.15) is 46.0 Å². The third kappa shape index (κ3) is 3.37. The van der Waals surface area contributed by atoms with Gasteiger partial charge < -0.3 is 15.2 Å². The zero-order valence-corrected chi connectivity index (χ0v) is 12.0. The number of allylic oxidation sites excluding steroid dienone is 2. The van der Waals surface area contributed by atoms with Crippen molar-refractivity contribution in [2.75, 3.05) is 13.2 Å². The number of ketones is 1. The zero-order valence-electron chi connectivity index (χ0n) is 12.0. The monoisotopic (exact) mass is 267 g/mol. The molecule has 2 rings (SSSR count). The second-order valence-electron chi connectivity index (χ2n) is 5.76. The standard InChI is InChI=1S/C15H25NO3/c1-10(2)11-9-14(18-8-4-7-16)19-13-6-3-5-12(17)15(11)13/h10-11,14H,3-9,16H2,1-2H3. The topological polar surface area (TPSA) is 61.6 Å². The number of hydrogen-bond donors (Lipinski definition) is 1. The lowest BCUT2D eigenvalue weighted by Gasteiger charge is -2.37. The van der Waals surface area contributed by atoms with E-state index in [1.807, 2.05) is 0 Å². The van der Waals surface area contributed by atoms with Crippen LogP contribution in [0.2, 0.25) is 0 Å². The molecule has 4 heteroatoms. The summed E-state index contributed by atoms with van der Waals surface area (Å²) in [4.78, 5) is 12.1. The van der Waals surface area contributed by atoms with Crippen molar-refractivity contribution >= 4 is 5.78 Å². The van der Waals surface area contributed by atoms with Gasteiger partial charge in [0.05, 0.1) is 6.61 Å². The Labute approximate surface area is 115 Å². The predicted octanol–water partition coefficient (Wildman–Crippen LogP) is 2.38. The van der Waals surface area contributed by atoms with Crippen LogP contribution < -0.4 is 5.73 Å². The fourth-order valence-corrected chi connectivity index (χ4v) is 2.91. The molecule has 1 aliphatic carbocycles. The highest BCUT2D eigenvalue weighted by atomic mass is 16.7. The Hall–Kier alpha value is -0.870. The van der Waals surface area contributed by atoms with E-state index in [0.717, 1.165) is 37.0 Å². The molecule has 0 fully saturated rings. The minimum Gasteiger partial charge on any atom is -0.469 e. The number of nitrogens with two attached hydrogens (primary N) is 1. The zero-order chi connectivity index (χ0) is 13.8. The van der Waals surface area contributed by atoms with E-state index in [-0.39, 0.29) is 18.0 Å². The molecule has 2 N–H and O–H groups in total. The van der Waals surface area contributed by atoms with Gasteiger partial charge in [-0.25, -0.2) is 0 Å². The number of hydrogen-bond acceptors (Lipinski definition) is 4. The molecule has 0 spiro atoms. The average molecular weight is 267 g/mol. The van der Waals surface area contributed by atoms with Crippen LogP contribution in [-0.2, 0) is 14.3 Å². The van der Waals surface area contributed by atoms with Crippen molar-refractivity contribution in [3.05, 3.63) is 11.3 Å². The van der Waals surface area contributed by atoms with Crippen molar-refractivity contribution < 1.29 is 14.3 Å². The summed E-state index contributed by atoms with van der Waals surface area (Å²) < 4.78 is 11.6. The van der Waals surface area contributed by atoms with Crippen LogP contribution in [0.25, 0.3) is 0 Å². The maximum absolute atomic E-state index is 12.1. The van der Waals surface area contributed by atoms with E-state index >= 15 is 0 Å². The number of Topliss-reactive ketones (excluding diaryl/α,β-unsaturated/α-hetero) is 1. The third-order valence-corrected chi connectivity index (χ3v) is 3.96. The lowest BCUT2D eigenvalue weighted by molar-refractivity contribution is -0.146. The van der Waals surface area contributed by atoms with Crippen LogP contribution in [0.15, 0.2) is 11.3 Å². The summed E-state index contributed by atoms with van der Waals surface area (Å²) in [6, 6.07) is 0. The lowest BCUT2D eigenvalue weighted by atomic mass is 9.77. The van der Waals surface area contributed by atoms with E-state index < -0.39 is 0 Å². The molecule has 0 aromatic rings. The minimum atomic E-state index is -0.205. The molecule has 0 bridgehead atoms. The van der Waals surface area contributed by atoms with Crippen LogP contribution in [0, 0.1) is 11.8 Å². The first-order chi connectivity index (χ1) is 9.13. The fraction of sp³-hybridized carbons (Fsp3) is 0.800. The van der Waals surface area contributed by atoms with E-state index in [0.29, 0.717) is 25.5 Å². The Morgan fingerprint density at radius 1 is 1.42 bits per heavy atom. The van der Waals surface area contributed by atoms with E-state index in [4.69, 9.17) is 15.2 Å². The summed E-state index contributed by atoms with van der Waals surface area (Å²) in [6.07, 6.45) is 3.87. The molecule has 2 aliphatic rings. The molecule has 2 unspecified atom stereocenters. The summed E-state index contributed by atoms with van der Waals surface area (Å²) in [6.45, 7) is 5.59. The summed E-state index contributed by atoms with van der Waals surface area (Å²) >= 11 is 0. The average Bonchev–Trinajstić information content (AvgIpc) is 2.38. The number of rotatable bonds is 5. The first-order valence-electron chi connectivity index (χ1n) is 7.38. The van der Waals surface area contributed by atoms with Crippen LogP contribution in [0.5, 0.6) is 0 Å². The van der Waals surface area contributed by atoms with Crippen molar-refractivity contribution in [2.24, 2.45) is 17.6 Å². The minimum absolute atomic E-state index is 0.205. The van der Waals surface area contributed by atoms with Crippen LogP contribution in [0.3, 0.4) is 0 Å². The third-order valence-electron chi connectivity index (χ3n) is 3.96. The molecule has 0 radical (unpaired) electrons. The highest BCUT2D eigenvalue weighted by molar-refractivity contribution is 5.97. The van der Waals surface area contributed by atoms with Gasteiger partial charge in [0, 0.05) is 24.8 Å². The van der Waals surface area contributed by atoms with Crippen molar-refractivity contribution in [3.63, 3.8) is 0 Å². The van der Waals surface area contributed by atoms with Gasteiger partial charge in [-0.3, -0.25) is 4.79 Å². The van der Waals surface area contributed by atoms with Gasteiger partial charge in [0.15, 0.2) is 12.1 Å². The highest BCUT2D eigenvalue weighted by Gasteiger charge is 2.37. The van der Waals surface area contributed by atoms with Crippen molar-refractivity contribution in [2.45, 2.75) is 52.2 Å². The Bertz CT molecular complexity index is 362.